The highest BCUT2D eigenvalue weighted by molar-refractivity contribution is 7.14. The molecule has 3 aromatic rings. The van der Waals surface area contributed by atoms with Gasteiger partial charge >= 0.3 is 0 Å². The molecule has 1 fully saturated rings. The summed E-state index contributed by atoms with van der Waals surface area (Å²) in [6.45, 7) is 2.98. The minimum Gasteiger partial charge on any atom is -0.495 e. The van der Waals surface area contributed by atoms with Gasteiger partial charge in [0, 0.05) is 36.6 Å². The molecule has 1 N–H and O–H groups in total. The number of halogens is 2. The molecule has 31 heavy (non-hydrogen) atoms. The molecule has 0 saturated carbocycles. The van der Waals surface area contributed by atoms with E-state index in [2.05, 4.69) is 15.2 Å². The molecule has 1 aromatic heterocycles. The second-order valence-corrected chi connectivity index (χ2v) is 8.25. The van der Waals surface area contributed by atoms with Gasteiger partial charge in [-0.05, 0) is 49.2 Å². The molecule has 0 aliphatic carbocycles. The number of aromatic nitrogens is 1. The molecule has 0 unspecified atom stereocenters. The van der Waals surface area contributed by atoms with Gasteiger partial charge in [-0.1, -0.05) is 0 Å². The third-order valence-corrected chi connectivity index (χ3v) is 6.01. The Morgan fingerprint density at radius 2 is 1.94 bits per heavy atom. The Labute approximate surface area is 184 Å². The summed E-state index contributed by atoms with van der Waals surface area (Å²) in [5.74, 6) is 0.999. The van der Waals surface area contributed by atoms with Gasteiger partial charge in [-0.15, -0.1) is 11.3 Å². The summed E-state index contributed by atoms with van der Waals surface area (Å²) in [5.41, 5.74) is 2.32. The molecule has 1 aliphatic heterocycles. The van der Waals surface area contributed by atoms with Gasteiger partial charge in [0.15, 0.2) is 5.13 Å². The number of nitrogens with zero attached hydrogens (tertiary/aromatic N) is 2. The highest BCUT2D eigenvalue weighted by Gasteiger charge is 2.17. The van der Waals surface area contributed by atoms with Crippen LogP contribution in [0.3, 0.4) is 0 Å². The van der Waals surface area contributed by atoms with Crippen molar-refractivity contribution in [3.8, 4) is 22.8 Å². The van der Waals surface area contributed by atoms with Gasteiger partial charge in [-0.3, -0.25) is 4.90 Å². The third-order valence-electron chi connectivity index (χ3n) is 5.25. The van der Waals surface area contributed by atoms with Crippen molar-refractivity contribution in [2.75, 3.05) is 38.7 Å². The fourth-order valence-electron chi connectivity index (χ4n) is 3.50. The molecular formula is C23H25F2N3O2S. The second kappa shape index (κ2) is 10.1. The van der Waals surface area contributed by atoms with Crippen molar-refractivity contribution in [1.29, 1.82) is 0 Å². The van der Waals surface area contributed by atoms with Crippen LogP contribution in [0.15, 0.2) is 47.8 Å². The molecule has 1 saturated heterocycles. The predicted molar refractivity (Wildman–Crippen MR) is 120 cm³/mol. The van der Waals surface area contributed by atoms with Gasteiger partial charge in [0.05, 0.1) is 18.5 Å². The summed E-state index contributed by atoms with van der Waals surface area (Å²) in [5, 5.41) is 5.71. The molecule has 5 nitrogen and oxygen atoms in total. The van der Waals surface area contributed by atoms with Gasteiger partial charge < -0.3 is 14.8 Å². The summed E-state index contributed by atoms with van der Waals surface area (Å²) < 4.78 is 37.9. The average molecular weight is 446 g/mol. The van der Waals surface area contributed by atoms with Crippen molar-refractivity contribution < 1.29 is 18.3 Å². The van der Waals surface area contributed by atoms with E-state index in [4.69, 9.17) is 9.47 Å². The number of thiazole rings is 1. The zero-order chi connectivity index (χ0) is 21.6. The van der Waals surface area contributed by atoms with Gasteiger partial charge in [0.1, 0.15) is 30.1 Å². The van der Waals surface area contributed by atoms with E-state index in [1.165, 1.54) is 23.5 Å². The predicted octanol–water partition coefficient (Wildman–Crippen LogP) is 5.51. The molecule has 2 heterocycles. The number of ether oxygens (including phenoxy) is 2. The molecule has 0 spiro atoms. The first-order valence-electron chi connectivity index (χ1n) is 10.3. The Bertz CT molecular complexity index is 989. The van der Waals surface area contributed by atoms with E-state index in [9.17, 15) is 8.78 Å². The molecule has 0 bridgehead atoms. The van der Waals surface area contributed by atoms with Crippen LogP contribution in [-0.4, -0.2) is 49.4 Å². The lowest BCUT2D eigenvalue weighted by molar-refractivity contribution is 0.132. The van der Waals surface area contributed by atoms with Crippen molar-refractivity contribution >= 4 is 22.2 Å². The molecule has 4 rings (SSSR count). The Hall–Kier alpha value is -2.71. The van der Waals surface area contributed by atoms with Gasteiger partial charge in [-0.2, -0.15) is 0 Å². The van der Waals surface area contributed by atoms with Crippen LogP contribution < -0.4 is 14.8 Å². The highest BCUT2D eigenvalue weighted by Crippen LogP contribution is 2.32. The SMILES string of the molecule is COc1ccc(F)cc1Nc1nc(-c2ccc(OCCN3CCC(F)CC3)cc2)cs1. The molecule has 0 amide bonds. The largest absolute Gasteiger partial charge is 0.495 e. The maximum Gasteiger partial charge on any atom is 0.187 e. The smallest absolute Gasteiger partial charge is 0.187 e. The monoisotopic (exact) mass is 445 g/mol. The number of alkyl halides is 1. The molecule has 0 radical (unpaired) electrons. The molecular weight excluding hydrogens is 420 g/mol. The zero-order valence-electron chi connectivity index (χ0n) is 17.3. The summed E-state index contributed by atoms with van der Waals surface area (Å²) in [4.78, 5) is 6.83. The van der Waals surface area contributed by atoms with Crippen LogP contribution in [0, 0.1) is 5.82 Å². The number of methoxy groups -OCH3 is 1. The number of benzene rings is 2. The number of piperidine rings is 1. The van der Waals surface area contributed by atoms with E-state index >= 15 is 0 Å². The number of nitrogens with one attached hydrogen (secondary N) is 1. The lowest BCUT2D eigenvalue weighted by Crippen LogP contribution is -2.37. The first kappa shape index (κ1) is 21.5. The standard InChI is InChI=1S/C23H25F2N3O2S/c1-29-22-7-4-18(25)14-20(22)26-23-27-21(15-31-23)16-2-5-19(6-3-16)30-13-12-28-10-8-17(24)9-11-28/h2-7,14-15,17H,8-13H2,1H3,(H,26,27). The van der Waals surface area contributed by atoms with Crippen LogP contribution >= 0.6 is 11.3 Å². The fraction of sp³-hybridized carbons (Fsp3) is 0.348. The summed E-state index contributed by atoms with van der Waals surface area (Å²) in [6.07, 6.45) is 0.582. The first-order valence-corrected chi connectivity index (χ1v) is 11.1. The van der Waals surface area contributed by atoms with E-state index < -0.39 is 6.17 Å². The Balaban J connectivity index is 1.32. The second-order valence-electron chi connectivity index (χ2n) is 7.40. The van der Waals surface area contributed by atoms with Crippen LogP contribution in [0.5, 0.6) is 11.5 Å². The summed E-state index contributed by atoms with van der Waals surface area (Å²) in [6, 6.07) is 12.1. The van der Waals surface area contributed by atoms with Crippen molar-refractivity contribution in [3.63, 3.8) is 0 Å². The number of hydrogen-bond donors (Lipinski definition) is 1. The third kappa shape index (κ3) is 5.71. The van der Waals surface area contributed by atoms with Gasteiger partial charge in [0.2, 0.25) is 0 Å². The van der Waals surface area contributed by atoms with Crippen molar-refractivity contribution in [2.45, 2.75) is 19.0 Å². The van der Waals surface area contributed by atoms with Crippen LogP contribution in [-0.2, 0) is 0 Å². The average Bonchev–Trinajstić information content (AvgIpc) is 3.24. The Morgan fingerprint density at radius 3 is 2.68 bits per heavy atom. The van der Waals surface area contributed by atoms with Crippen LogP contribution in [0.4, 0.5) is 19.6 Å². The number of anilines is 2. The summed E-state index contributed by atoms with van der Waals surface area (Å²) in [7, 11) is 1.54. The van der Waals surface area contributed by atoms with Crippen molar-refractivity contribution in [1.82, 2.24) is 9.88 Å². The van der Waals surface area contributed by atoms with E-state index in [1.54, 1.807) is 13.2 Å². The molecule has 8 heteroatoms. The maximum atomic E-state index is 13.6. The highest BCUT2D eigenvalue weighted by atomic mass is 32.1. The molecule has 2 aromatic carbocycles. The number of rotatable bonds is 8. The van der Waals surface area contributed by atoms with E-state index in [-0.39, 0.29) is 5.82 Å². The molecule has 0 atom stereocenters. The van der Waals surface area contributed by atoms with Gasteiger partial charge in [0.25, 0.3) is 0 Å². The minimum absolute atomic E-state index is 0.345. The normalized spacial score (nSPS) is 15.1. The topological polar surface area (TPSA) is 46.6 Å². The van der Waals surface area contributed by atoms with E-state index in [0.29, 0.717) is 36.0 Å². The first-order chi connectivity index (χ1) is 15.1. The fourth-order valence-corrected chi connectivity index (χ4v) is 4.23. The van der Waals surface area contributed by atoms with Gasteiger partial charge in [-0.25, -0.2) is 13.8 Å². The lowest BCUT2D eigenvalue weighted by Gasteiger charge is -2.28. The molecule has 1 aliphatic rings. The van der Waals surface area contributed by atoms with Crippen molar-refractivity contribution in [2.24, 2.45) is 0 Å². The van der Waals surface area contributed by atoms with E-state index in [0.717, 1.165) is 36.6 Å². The van der Waals surface area contributed by atoms with Crippen LogP contribution in [0.1, 0.15) is 12.8 Å². The lowest BCUT2D eigenvalue weighted by atomic mass is 10.1. The van der Waals surface area contributed by atoms with Crippen molar-refractivity contribution in [3.05, 3.63) is 53.7 Å². The maximum absolute atomic E-state index is 13.6. The molecule has 164 valence electrons. The van der Waals surface area contributed by atoms with Crippen LogP contribution in [0.2, 0.25) is 0 Å². The summed E-state index contributed by atoms with van der Waals surface area (Å²) >= 11 is 1.43. The number of hydrogen-bond acceptors (Lipinski definition) is 6. The van der Waals surface area contributed by atoms with Crippen LogP contribution in [0.25, 0.3) is 11.3 Å². The Morgan fingerprint density at radius 1 is 1.16 bits per heavy atom. The zero-order valence-corrected chi connectivity index (χ0v) is 18.1. The minimum atomic E-state index is -0.651. The van der Waals surface area contributed by atoms with E-state index in [1.807, 2.05) is 29.6 Å². The Kier molecular flexibility index (Phi) is 6.99. The quantitative estimate of drug-likeness (QED) is 0.495. The number of likely N-dealkylation sites (tertiary alicyclic amines) is 1.